The summed E-state index contributed by atoms with van der Waals surface area (Å²) in [6.45, 7) is 5.92. The summed E-state index contributed by atoms with van der Waals surface area (Å²) in [6, 6.07) is -0.450. The number of unbranched alkanes of at least 4 members (excludes halogenated alkanes) is 1. The fourth-order valence-electron chi connectivity index (χ4n) is 1.52. The van der Waals surface area contributed by atoms with Gasteiger partial charge in [-0.2, -0.15) is 0 Å². The molecular formula is C12H25N3O3. The molecule has 0 aliphatic heterocycles. The van der Waals surface area contributed by atoms with Crippen molar-refractivity contribution in [3.63, 3.8) is 0 Å². The fraction of sp³-hybridized carbons (Fsp3) is 0.833. The first-order valence-corrected chi connectivity index (χ1v) is 6.54. The SMILES string of the molecule is CCCCNC(=O)NC(=O)CN(CCC)CCO. The Balaban J connectivity index is 3.88. The molecule has 0 unspecified atom stereocenters. The van der Waals surface area contributed by atoms with Gasteiger partial charge < -0.3 is 10.4 Å². The molecule has 0 radical (unpaired) electrons. The second-order valence-corrected chi connectivity index (χ2v) is 4.16. The molecule has 0 saturated heterocycles. The minimum Gasteiger partial charge on any atom is -0.395 e. The molecule has 0 aliphatic carbocycles. The Kier molecular flexibility index (Phi) is 10.3. The third-order valence-electron chi connectivity index (χ3n) is 2.39. The van der Waals surface area contributed by atoms with E-state index in [4.69, 9.17) is 5.11 Å². The first kappa shape index (κ1) is 16.9. The summed E-state index contributed by atoms with van der Waals surface area (Å²) in [4.78, 5) is 24.7. The molecule has 0 atom stereocenters. The predicted octanol–water partition coefficient (Wildman–Crippen LogP) is 0.317. The lowest BCUT2D eigenvalue weighted by molar-refractivity contribution is -0.121. The summed E-state index contributed by atoms with van der Waals surface area (Å²) in [5, 5.41) is 13.7. The van der Waals surface area contributed by atoms with Crippen LogP contribution in [0.2, 0.25) is 0 Å². The Morgan fingerprint density at radius 2 is 1.89 bits per heavy atom. The van der Waals surface area contributed by atoms with Gasteiger partial charge in [0.2, 0.25) is 5.91 Å². The van der Waals surface area contributed by atoms with Crippen molar-refractivity contribution in [2.45, 2.75) is 33.1 Å². The highest BCUT2D eigenvalue weighted by molar-refractivity contribution is 5.95. The van der Waals surface area contributed by atoms with Gasteiger partial charge in [-0.15, -0.1) is 0 Å². The van der Waals surface area contributed by atoms with Crippen LogP contribution in [-0.2, 0) is 4.79 Å². The van der Waals surface area contributed by atoms with Crippen molar-refractivity contribution in [3.8, 4) is 0 Å². The van der Waals surface area contributed by atoms with Crippen molar-refractivity contribution < 1.29 is 14.7 Å². The molecule has 0 bridgehead atoms. The van der Waals surface area contributed by atoms with Crippen LogP contribution in [-0.4, -0.2) is 54.7 Å². The topological polar surface area (TPSA) is 81.7 Å². The molecule has 6 nitrogen and oxygen atoms in total. The number of hydrogen-bond acceptors (Lipinski definition) is 4. The number of rotatable bonds is 9. The minimum absolute atomic E-state index is 0.00990. The average Bonchev–Trinajstić information content (AvgIpc) is 2.29. The van der Waals surface area contributed by atoms with Crippen LogP contribution in [0.5, 0.6) is 0 Å². The van der Waals surface area contributed by atoms with E-state index in [1.807, 2.05) is 18.7 Å². The number of aliphatic hydroxyl groups excluding tert-OH is 1. The number of carbonyl (C=O) groups excluding carboxylic acids is 2. The standard InChI is InChI=1S/C12H25N3O3/c1-3-5-6-13-12(18)14-11(17)10-15(7-4-2)8-9-16/h16H,3-10H2,1-2H3,(H2,13,14,17,18). The lowest BCUT2D eigenvalue weighted by Crippen LogP contribution is -2.45. The summed E-state index contributed by atoms with van der Waals surface area (Å²) in [7, 11) is 0. The van der Waals surface area contributed by atoms with Gasteiger partial charge in [-0.05, 0) is 19.4 Å². The molecule has 0 fully saturated rings. The van der Waals surface area contributed by atoms with E-state index in [1.54, 1.807) is 0 Å². The van der Waals surface area contributed by atoms with Gasteiger partial charge in [-0.25, -0.2) is 4.79 Å². The van der Waals surface area contributed by atoms with Crippen molar-refractivity contribution in [2.24, 2.45) is 0 Å². The minimum atomic E-state index is -0.450. The number of nitrogens with one attached hydrogen (secondary N) is 2. The third-order valence-corrected chi connectivity index (χ3v) is 2.39. The van der Waals surface area contributed by atoms with Gasteiger partial charge in [0.1, 0.15) is 0 Å². The Hall–Kier alpha value is -1.14. The fourth-order valence-corrected chi connectivity index (χ4v) is 1.52. The van der Waals surface area contributed by atoms with E-state index in [0.29, 0.717) is 13.1 Å². The van der Waals surface area contributed by atoms with Gasteiger partial charge in [0, 0.05) is 13.1 Å². The predicted molar refractivity (Wildman–Crippen MR) is 70.3 cm³/mol. The molecule has 0 spiro atoms. The highest BCUT2D eigenvalue weighted by atomic mass is 16.3. The van der Waals surface area contributed by atoms with E-state index < -0.39 is 6.03 Å². The molecule has 0 aromatic carbocycles. The Labute approximate surface area is 109 Å². The van der Waals surface area contributed by atoms with Crippen LogP contribution in [0.15, 0.2) is 0 Å². The number of carbonyl (C=O) groups is 2. The quantitative estimate of drug-likeness (QED) is 0.521. The van der Waals surface area contributed by atoms with E-state index in [2.05, 4.69) is 10.6 Å². The lowest BCUT2D eigenvalue weighted by Gasteiger charge is -2.19. The van der Waals surface area contributed by atoms with E-state index in [1.165, 1.54) is 0 Å². The normalized spacial score (nSPS) is 10.4. The number of urea groups is 1. The zero-order chi connectivity index (χ0) is 13.8. The van der Waals surface area contributed by atoms with Gasteiger partial charge >= 0.3 is 6.03 Å². The van der Waals surface area contributed by atoms with Crippen LogP contribution in [0.3, 0.4) is 0 Å². The molecule has 0 heterocycles. The maximum atomic E-state index is 11.6. The van der Waals surface area contributed by atoms with Gasteiger partial charge in [0.05, 0.1) is 13.2 Å². The average molecular weight is 259 g/mol. The largest absolute Gasteiger partial charge is 0.395 e. The second-order valence-electron chi connectivity index (χ2n) is 4.16. The van der Waals surface area contributed by atoms with Crippen LogP contribution in [0.4, 0.5) is 4.79 Å². The summed E-state index contributed by atoms with van der Waals surface area (Å²) < 4.78 is 0. The molecule has 0 rings (SSSR count). The van der Waals surface area contributed by atoms with Crippen molar-refractivity contribution in [3.05, 3.63) is 0 Å². The number of imide groups is 1. The van der Waals surface area contributed by atoms with Crippen molar-refractivity contribution in [1.82, 2.24) is 15.5 Å². The van der Waals surface area contributed by atoms with Crippen molar-refractivity contribution >= 4 is 11.9 Å². The molecule has 0 saturated carbocycles. The zero-order valence-corrected chi connectivity index (χ0v) is 11.4. The van der Waals surface area contributed by atoms with E-state index in [0.717, 1.165) is 25.8 Å². The summed E-state index contributed by atoms with van der Waals surface area (Å²) in [6.07, 6.45) is 2.79. The first-order valence-electron chi connectivity index (χ1n) is 6.54. The molecule has 3 amide bonds. The van der Waals surface area contributed by atoms with Gasteiger partial charge in [-0.1, -0.05) is 20.3 Å². The third kappa shape index (κ3) is 8.95. The maximum Gasteiger partial charge on any atom is 0.321 e. The smallest absolute Gasteiger partial charge is 0.321 e. The van der Waals surface area contributed by atoms with Crippen molar-refractivity contribution in [2.75, 3.05) is 32.8 Å². The van der Waals surface area contributed by atoms with Crippen LogP contribution >= 0.6 is 0 Å². The monoisotopic (exact) mass is 259 g/mol. The number of aliphatic hydroxyl groups is 1. The van der Waals surface area contributed by atoms with E-state index >= 15 is 0 Å². The number of hydrogen-bond donors (Lipinski definition) is 3. The second kappa shape index (κ2) is 11.0. The van der Waals surface area contributed by atoms with Crippen LogP contribution in [0.1, 0.15) is 33.1 Å². The van der Waals surface area contributed by atoms with Crippen LogP contribution in [0, 0.1) is 0 Å². The highest BCUT2D eigenvalue weighted by Crippen LogP contribution is 1.90. The summed E-state index contributed by atoms with van der Waals surface area (Å²) >= 11 is 0. The summed E-state index contributed by atoms with van der Waals surface area (Å²) in [5.41, 5.74) is 0. The van der Waals surface area contributed by atoms with Crippen molar-refractivity contribution in [1.29, 1.82) is 0 Å². The van der Waals surface area contributed by atoms with E-state index in [-0.39, 0.29) is 19.1 Å². The lowest BCUT2D eigenvalue weighted by atomic mass is 10.3. The van der Waals surface area contributed by atoms with Gasteiger partial charge in [0.15, 0.2) is 0 Å². The van der Waals surface area contributed by atoms with Gasteiger partial charge in [0.25, 0.3) is 0 Å². The molecule has 18 heavy (non-hydrogen) atoms. The zero-order valence-electron chi connectivity index (χ0n) is 11.4. The Morgan fingerprint density at radius 1 is 1.17 bits per heavy atom. The first-order chi connectivity index (χ1) is 8.63. The van der Waals surface area contributed by atoms with Crippen LogP contribution in [0.25, 0.3) is 0 Å². The highest BCUT2D eigenvalue weighted by Gasteiger charge is 2.11. The summed E-state index contributed by atoms with van der Waals surface area (Å²) in [5.74, 6) is -0.342. The molecule has 6 heteroatoms. The molecule has 106 valence electrons. The maximum absolute atomic E-state index is 11.6. The van der Waals surface area contributed by atoms with Gasteiger partial charge in [-0.3, -0.25) is 15.0 Å². The molecule has 0 aromatic rings. The number of nitrogens with zero attached hydrogens (tertiary/aromatic N) is 1. The molecule has 3 N–H and O–H groups in total. The molecular weight excluding hydrogens is 234 g/mol. The molecule has 0 aromatic heterocycles. The van der Waals surface area contributed by atoms with Crippen LogP contribution < -0.4 is 10.6 Å². The molecule has 0 aliphatic rings. The Bertz CT molecular complexity index is 241. The van der Waals surface area contributed by atoms with E-state index in [9.17, 15) is 9.59 Å². The number of amides is 3. The Morgan fingerprint density at radius 3 is 2.44 bits per heavy atom.